The minimum atomic E-state index is -1.03. The van der Waals surface area contributed by atoms with Gasteiger partial charge < -0.3 is 9.67 Å². The summed E-state index contributed by atoms with van der Waals surface area (Å²) in [4.78, 5) is 41.4. The SMILES string of the molecule is Cc1c(N=C2S/C(=C/c3cc(C)n(-c4ccc([N+](=O)[O-])cc4)c3C)C(=O)N2C)cccc1C(=O)O. The lowest BCUT2D eigenvalue weighted by molar-refractivity contribution is -0.384. The summed E-state index contributed by atoms with van der Waals surface area (Å²) in [5.74, 6) is -1.24. The second-order valence-corrected chi connectivity index (χ2v) is 9.07. The average Bonchev–Trinajstić information content (AvgIpc) is 3.24. The van der Waals surface area contributed by atoms with Gasteiger partial charge in [0.05, 0.1) is 21.1 Å². The van der Waals surface area contributed by atoms with Gasteiger partial charge in [-0.05, 0) is 80.1 Å². The number of likely N-dealkylation sites (N-methyl/N-ethyl adjacent to an activating group) is 1. The monoisotopic (exact) mass is 490 g/mol. The first-order valence-electron chi connectivity index (χ1n) is 10.6. The van der Waals surface area contributed by atoms with E-state index in [4.69, 9.17) is 0 Å². The molecule has 0 unspecified atom stereocenters. The summed E-state index contributed by atoms with van der Waals surface area (Å²) in [6.45, 7) is 5.54. The van der Waals surface area contributed by atoms with E-state index in [9.17, 15) is 24.8 Å². The molecule has 1 saturated heterocycles. The Hall–Kier alpha value is -4.18. The maximum absolute atomic E-state index is 12.9. The molecule has 0 aliphatic carbocycles. The van der Waals surface area contributed by atoms with Gasteiger partial charge in [-0.15, -0.1) is 0 Å². The maximum Gasteiger partial charge on any atom is 0.336 e. The number of aromatic carboxylic acids is 1. The molecule has 0 spiro atoms. The molecule has 0 atom stereocenters. The molecule has 0 saturated carbocycles. The predicted octanol–water partition coefficient (Wildman–Crippen LogP) is 5.24. The lowest BCUT2D eigenvalue weighted by atomic mass is 10.1. The lowest BCUT2D eigenvalue weighted by Gasteiger charge is -2.09. The molecule has 178 valence electrons. The van der Waals surface area contributed by atoms with Crippen LogP contribution < -0.4 is 0 Å². The minimum absolute atomic E-state index is 0.0190. The number of carboxylic acid groups (broad SMARTS) is 1. The van der Waals surface area contributed by atoms with Crippen molar-refractivity contribution in [1.29, 1.82) is 0 Å². The first-order chi connectivity index (χ1) is 16.6. The van der Waals surface area contributed by atoms with Crippen LogP contribution in [-0.2, 0) is 4.79 Å². The summed E-state index contributed by atoms with van der Waals surface area (Å²) in [6.07, 6.45) is 1.80. The maximum atomic E-state index is 12.9. The summed E-state index contributed by atoms with van der Waals surface area (Å²) >= 11 is 1.22. The van der Waals surface area contributed by atoms with Crippen molar-refractivity contribution in [2.45, 2.75) is 20.8 Å². The molecule has 1 fully saturated rings. The zero-order chi connectivity index (χ0) is 25.4. The van der Waals surface area contributed by atoms with Gasteiger partial charge in [0, 0.05) is 36.3 Å². The van der Waals surface area contributed by atoms with Gasteiger partial charge in [0.15, 0.2) is 5.17 Å². The normalized spacial score (nSPS) is 15.9. The summed E-state index contributed by atoms with van der Waals surface area (Å²) in [6, 6.07) is 13.1. The fourth-order valence-electron chi connectivity index (χ4n) is 3.93. The second kappa shape index (κ2) is 9.22. The number of hydrogen-bond donors (Lipinski definition) is 1. The number of carboxylic acids is 1. The average molecular weight is 491 g/mol. The first-order valence-corrected chi connectivity index (χ1v) is 11.4. The topological polar surface area (TPSA) is 118 Å². The van der Waals surface area contributed by atoms with Crippen LogP contribution in [0.5, 0.6) is 0 Å². The molecule has 1 aliphatic rings. The number of aromatic nitrogens is 1. The van der Waals surface area contributed by atoms with Gasteiger partial charge in [-0.3, -0.25) is 19.8 Å². The van der Waals surface area contributed by atoms with Crippen LogP contribution in [0.4, 0.5) is 11.4 Å². The molecule has 35 heavy (non-hydrogen) atoms. The van der Waals surface area contributed by atoms with Gasteiger partial charge in [-0.25, -0.2) is 9.79 Å². The third-order valence-electron chi connectivity index (χ3n) is 5.83. The Bertz CT molecular complexity index is 1440. The highest BCUT2D eigenvalue weighted by atomic mass is 32.2. The van der Waals surface area contributed by atoms with Gasteiger partial charge in [-0.2, -0.15) is 0 Å². The van der Waals surface area contributed by atoms with Crippen LogP contribution >= 0.6 is 11.8 Å². The molecule has 1 aliphatic heterocycles. The molecule has 2 aromatic carbocycles. The van der Waals surface area contributed by atoms with Crippen molar-refractivity contribution in [1.82, 2.24) is 9.47 Å². The number of carbonyl (C=O) groups excluding carboxylic acids is 1. The van der Waals surface area contributed by atoms with E-state index in [0.717, 1.165) is 22.6 Å². The molecular formula is C25H22N4O5S. The molecule has 1 aromatic heterocycles. The largest absolute Gasteiger partial charge is 0.478 e. The molecule has 2 heterocycles. The van der Waals surface area contributed by atoms with E-state index in [1.807, 2.05) is 24.5 Å². The zero-order valence-corrected chi connectivity index (χ0v) is 20.3. The van der Waals surface area contributed by atoms with E-state index in [1.54, 1.807) is 44.3 Å². The molecule has 1 amide bonds. The van der Waals surface area contributed by atoms with Crippen LogP contribution in [0.1, 0.15) is 32.9 Å². The van der Waals surface area contributed by atoms with Gasteiger partial charge in [0.25, 0.3) is 11.6 Å². The second-order valence-electron chi connectivity index (χ2n) is 8.06. The third kappa shape index (κ3) is 4.47. The van der Waals surface area contributed by atoms with Crippen molar-refractivity contribution in [2.24, 2.45) is 4.99 Å². The number of rotatable bonds is 5. The molecule has 1 N–H and O–H groups in total. The van der Waals surface area contributed by atoms with E-state index < -0.39 is 10.9 Å². The Labute approximate surface area is 205 Å². The number of thioether (sulfide) groups is 1. The van der Waals surface area contributed by atoms with Crippen LogP contribution in [0.2, 0.25) is 0 Å². The number of amidine groups is 1. The molecule has 3 aromatic rings. The lowest BCUT2D eigenvalue weighted by Crippen LogP contribution is -2.23. The van der Waals surface area contributed by atoms with Crippen molar-refractivity contribution in [3.05, 3.63) is 91.6 Å². The van der Waals surface area contributed by atoms with Crippen molar-refractivity contribution in [2.75, 3.05) is 7.05 Å². The highest BCUT2D eigenvalue weighted by Crippen LogP contribution is 2.35. The Morgan fingerprint density at radius 2 is 1.83 bits per heavy atom. The number of amides is 1. The number of nitro groups is 1. The number of aliphatic imine (C=N–C) groups is 1. The molecule has 4 rings (SSSR count). The quantitative estimate of drug-likeness (QED) is 0.297. The Balaban J connectivity index is 1.67. The number of carbonyl (C=O) groups is 2. The number of nitrogens with zero attached hydrogens (tertiary/aromatic N) is 4. The molecule has 0 bridgehead atoms. The zero-order valence-electron chi connectivity index (χ0n) is 19.5. The number of aryl methyl sites for hydroxylation is 1. The standard InChI is InChI=1S/C25H22N4O5S/c1-14-12-17(16(3)28(14)18-8-10-19(11-9-18)29(33)34)13-22-23(30)27(4)25(35-22)26-21-7-5-6-20(15(21)2)24(31)32/h5-13H,1-4H3,(H,31,32)/b22-13+,26-25?. The third-order valence-corrected chi connectivity index (χ3v) is 6.89. The van der Waals surface area contributed by atoms with Crippen molar-refractivity contribution in [3.63, 3.8) is 0 Å². The van der Waals surface area contributed by atoms with E-state index in [2.05, 4.69) is 4.99 Å². The Morgan fingerprint density at radius 3 is 2.46 bits per heavy atom. The highest BCUT2D eigenvalue weighted by molar-refractivity contribution is 8.18. The van der Waals surface area contributed by atoms with Crippen molar-refractivity contribution >= 4 is 46.3 Å². The van der Waals surface area contributed by atoms with Gasteiger partial charge in [-0.1, -0.05) is 6.07 Å². The molecular weight excluding hydrogens is 468 g/mol. The van der Waals surface area contributed by atoms with Crippen LogP contribution in [0, 0.1) is 30.9 Å². The van der Waals surface area contributed by atoms with Gasteiger partial charge >= 0.3 is 5.97 Å². The summed E-state index contributed by atoms with van der Waals surface area (Å²) in [7, 11) is 1.63. The molecule has 10 heteroatoms. The van der Waals surface area contributed by atoms with Crippen LogP contribution in [0.3, 0.4) is 0 Å². The first kappa shape index (κ1) is 24.0. The highest BCUT2D eigenvalue weighted by Gasteiger charge is 2.31. The molecule has 9 nitrogen and oxygen atoms in total. The smallest absolute Gasteiger partial charge is 0.336 e. The van der Waals surface area contributed by atoms with E-state index in [1.165, 1.54) is 34.9 Å². The Kier molecular flexibility index (Phi) is 6.31. The van der Waals surface area contributed by atoms with E-state index in [0.29, 0.717) is 21.3 Å². The number of hydrogen-bond acceptors (Lipinski definition) is 6. The summed E-state index contributed by atoms with van der Waals surface area (Å²) in [5, 5.41) is 20.8. The van der Waals surface area contributed by atoms with E-state index >= 15 is 0 Å². The van der Waals surface area contributed by atoms with Gasteiger partial charge in [0.1, 0.15) is 0 Å². The Morgan fingerprint density at radius 1 is 1.14 bits per heavy atom. The number of non-ortho nitro benzene ring substituents is 1. The molecule has 0 radical (unpaired) electrons. The van der Waals surface area contributed by atoms with E-state index in [-0.39, 0.29) is 17.2 Å². The fraction of sp³-hybridized carbons (Fsp3) is 0.160. The van der Waals surface area contributed by atoms with Crippen LogP contribution in [0.15, 0.2) is 58.4 Å². The summed E-state index contributed by atoms with van der Waals surface area (Å²) < 4.78 is 1.97. The minimum Gasteiger partial charge on any atom is -0.478 e. The van der Waals surface area contributed by atoms with Gasteiger partial charge in [0.2, 0.25) is 0 Å². The van der Waals surface area contributed by atoms with Crippen LogP contribution in [-0.4, -0.2) is 43.6 Å². The van der Waals surface area contributed by atoms with Crippen molar-refractivity contribution in [3.8, 4) is 5.69 Å². The predicted molar refractivity (Wildman–Crippen MR) is 135 cm³/mol. The number of nitro benzene ring substituents is 1. The van der Waals surface area contributed by atoms with Crippen molar-refractivity contribution < 1.29 is 19.6 Å². The fourth-order valence-corrected chi connectivity index (χ4v) is 4.90. The van der Waals surface area contributed by atoms with Crippen LogP contribution in [0.25, 0.3) is 11.8 Å². The summed E-state index contributed by atoms with van der Waals surface area (Å²) in [5.41, 5.74) is 4.63. The number of benzene rings is 2.